The molecule has 1 N–H and O–H groups in total. The van der Waals surface area contributed by atoms with Gasteiger partial charge in [-0.3, -0.25) is 4.79 Å². The van der Waals surface area contributed by atoms with E-state index in [1.165, 1.54) is 10.9 Å². The van der Waals surface area contributed by atoms with E-state index in [1.54, 1.807) is 0 Å². The van der Waals surface area contributed by atoms with Gasteiger partial charge in [0.15, 0.2) is 6.61 Å². The van der Waals surface area contributed by atoms with Crippen molar-refractivity contribution in [1.82, 2.24) is 24.9 Å². The first-order valence-corrected chi connectivity index (χ1v) is 8.61. The third-order valence-corrected chi connectivity index (χ3v) is 4.59. The molecule has 8 heteroatoms. The van der Waals surface area contributed by atoms with Crippen LogP contribution >= 0.6 is 0 Å². The van der Waals surface area contributed by atoms with Crippen LogP contribution in [0.25, 0.3) is 5.78 Å². The number of aromatic nitrogens is 4. The van der Waals surface area contributed by atoms with Gasteiger partial charge in [-0.15, -0.1) is 5.10 Å². The monoisotopic (exact) mass is 345 g/mol. The van der Waals surface area contributed by atoms with Gasteiger partial charge in [0.25, 0.3) is 17.5 Å². The summed E-state index contributed by atoms with van der Waals surface area (Å²) in [6.07, 6.45) is 4.40. The molecule has 1 aliphatic rings. The minimum atomic E-state index is -0.727. The summed E-state index contributed by atoms with van der Waals surface area (Å²) in [6.45, 7) is 5.50. The molecule has 8 nitrogen and oxygen atoms in total. The number of amides is 1. The highest BCUT2D eigenvalue weighted by Gasteiger charge is 2.24. The zero-order valence-electron chi connectivity index (χ0n) is 14.8. The van der Waals surface area contributed by atoms with Crippen molar-refractivity contribution < 1.29 is 14.3 Å². The third kappa shape index (κ3) is 3.94. The molecule has 1 aliphatic carbocycles. The molecular weight excluding hydrogens is 322 g/mol. The van der Waals surface area contributed by atoms with Crippen molar-refractivity contribution in [3.63, 3.8) is 0 Å². The SMILES string of the molecule is Cc1cc(C)n2nc(C(=O)OCC(=O)NC3CCCCC3C)nc2n1. The molecule has 0 radical (unpaired) electrons. The maximum atomic E-state index is 12.1. The van der Waals surface area contributed by atoms with Gasteiger partial charge in [0.2, 0.25) is 0 Å². The summed E-state index contributed by atoms with van der Waals surface area (Å²) in [6, 6.07) is 2.00. The summed E-state index contributed by atoms with van der Waals surface area (Å²) < 4.78 is 6.53. The molecule has 0 saturated heterocycles. The minimum absolute atomic E-state index is 0.0972. The molecule has 2 atom stereocenters. The average Bonchev–Trinajstić information content (AvgIpc) is 2.99. The molecule has 0 spiro atoms. The number of carbonyl (C=O) groups excluding carboxylic acids is 2. The van der Waals surface area contributed by atoms with Crippen LogP contribution < -0.4 is 5.32 Å². The zero-order chi connectivity index (χ0) is 18.0. The summed E-state index contributed by atoms with van der Waals surface area (Å²) in [5.41, 5.74) is 1.61. The van der Waals surface area contributed by atoms with Crippen molar-refractivity contribution in [2.24, 2.45) is 5.92 Å². The fourth-order valence-corrected chi connectivity index (χ4v) is 3.23. The van der Waals surface area contributed by atoms with E-state index >= 15 is 0 Å². The van der Waals surface area contributed by atoms with E-state index in [2.05, 4.69) is 27.3 Å². The van der Waals surface area contributed by atoms with Crippen LogP contribution in [0.15, 0.2) is 6.07 Å². The maximum Gasteiger partial charge on any atom is 0.378 e. The van der Waals surface area contributed by atoms with Gasteiger partial charge in [-0.05, 0) is 38.7 Å². The number of aryl methyl sites for hydroxylation is 2. The molecule has 0 bridgehead atoms. The number of fused-ring (bicyclic) bond motifs is 1. The van der Waals surface area contributed by atoms with Crippen LogP contribution in [-0.4, -0.2) is 44.1 Å². The predicted molar refractivity (Wildman–Crippen MR) is 90.1 cm³/mol. The number of nitrogens with zero attached hydrogens (tertiary/aromatic N) is 4. The standard InChI is InChI=1S/C17H23N5O3/c1-10-6-4-5-7-13(10)19-14(23)9-25-16(24)15-20-17-18-11(2)8-12(3)22(17)21-15/h8,10,13H,4-7,9H2,1-3H3,(H,19,23). The highest BCUT2D eigenvalue weighted by Crippen LogP contribution is 2.23. The van der Waals surface area contributed by atoms with Gasteiger partial charge < -0.3 is 10.1 Å². The number of carbonyl (C=O) groups is 2. The Bertz CT molecular complexity index is 801. The lowest BCUT2D eigenvalue weighted by Crippen LogP contribution is -2.42. The van der Waals surface area contributed by atoms with Crippen molar-refractivity contribution in [3.05, 3.63) is 23.3 Å². The molecule has 2 aromatic heterocycles. The van der Waals surface area contributed by atoms with Crippen LogP contribution in [0, 0.1) is 19.8 Å². The van der Waals surface area contributed by atoms with Crippen LogP contribution in [0.1, 0.15) is 54.6 Å². The maximum absolute atomic E-state index is 12.1. The number of rotatable bonds is 4. The summed E-state index contributed by atoms with van der Waals surface area (Å²) in [5, 5.41) is 7.04. The van der Waals surface area contributed by atoms with Crippen LogP contribution in [0.4, 0.5) is 0 Å². The fourth-order valence-electron chi connectivity index (χ4n) is 3.23. The largest absolute Gasteiger partial charge is 0.450 e. The van der Waals surface area contributed by atoms with Crippen molar-refractivity contribution in [3.8, 4) is 0 Å². The normalized spacial score (nSPS) is 20.4. The van der Waals surface area contributed by atoms with E-state index in [1.807, 2.05) is 19.9 Å². The van der Waals surface area contributed by atoms with Gasteiger partial charge in [0, 0.05) is 17.4 Å². The first-order valence-electron chi connectivity index (χ1n) is 8.61. The van der Waals surface area contributed by atoms with Crippen molar-refractivity contribution in [2.45, 2.75) is 52.5 Å². The van der Waals surface area contributed by atoms with Crippen LogP contribution in [-0.2, 0) is 9.53 Å². The second kappa shape index (κ2) is 7.16. The molecule has 1 saturated carbocycles. The minimum Gasteiger partial charge on any atom is -0.450 e. The molecule has 2 aromatic rings. The van der Waals surface area contributed by atoms with Gasteiger partial charge >= 0.3 is 5.97 Å². The Morgan fingerprint density at radius 1 is 1.28 bits per heavy atom. The third-order valence-electron chi connectivity index (χ3n) is 4.59. The summed E-state index contributed by atoms with van der Waals surface area (Å²) >= 11 is 0. The van der Waals surface area contributed by atoms with Crippen molar-refractivity contribution in [1.29, 1.82) is 0 Å². The highest BCUT2D eigenvalue weighted by molar-refractivity contribution is 5.88. The molecule has 3 rings (SSSR count). The van der Waals surface area contributed by atoms with E-state index < -0.39 is 5.97 Å². The van der Waals surface area contributed by atoms with Gasteiger partial charge in [-0.25, -0.2) is 14.3 Å². The number of nitrogens with one attached hydrogen (secondary N) is 1. The lowest BCUT2D eigenvalue weighted by atomic mass is 9.86. The summed E-state index contributed by atoms with van der Waals surface area (Å²) in [7, 11) is 0. The number of ether oxygens (including phenoxy) is 1. The second-order valence-electron chi connectivity index (χ2n) is 6.70. The summed E-state index contributed by atoms with van der Waals surface area (Å²) in [4.78, 5) is 32.4. The fraction of sp³-hybridized carbons (Fsp3) is 0.588. The van der Waals surface area contributed by atoms with E-state index in [0.29, 0.717) is 11.7 Å². The quantitative estimate of drug-likeness (QED) is 0.845. The zero-order valence-corrected chi connectivity index (χ0v) is 14.8. The molecular formula is C17H23N5O3. The van der Waals surface area contributed by atoms with E-state index in [4.69, 9.17) is 4.74 Å². The molecule has 134 valence electrons. The summed E-state index contributed by atoms with van der Waals surface area (Å²) in [5.74, 6) is -0.328. The van der Waals surface area contributed by atoms with E-state index in [9.17, 15) is 9.59 Å². The first kappa shape index (κ1) is 17.3. The molecule has 2 unspecified atom stereocenters. The van der Waals surface area contributed by atoms with E-state index in [-0.39, 0.29) is 24.4 Å². The van der Waals surface area contributed by atoms with Gasteiger partial charge in [-0.1, -0.05) is 19.8 Å². The van der Waals surface area contributed by atoms with Crippen LogP contribution in [0.5, 0.6) is 0 Å². The molecule has 2 heterocycles. The Hall–Kier alpha value is -2.51. The second-order valence-corrected chi connectivity index (χ2v) is 6.70. The number of hydrogen-bond donors (Lipinski definition) is 1. The molecule has 0 aliphatic heterocycles. The van der Waals surface area contributed by atoms with Crippen LogP contribution in [0.2, 0.25) is 0 Å². The topological polar surface area (TPSA) is 98.5 Å². The van der Waals surface area contributed by atoms with Gasteiger partial charge in [0.1, 0.15) is 0 Å². The molecule has 0 aromatic carbocycles. The highest BCUT2D eigenvalue weighted by atomic mass is 16.5. The van der Waals surface area contributed by atoms with Crippen molar-refractivity contribution >= 4 is 17.7 Å². The predicted octanol–water partition coefficient (Wildman–Crippen LogP) is 1.59. The van der Waals surface area contributed by atoms with Gasteiger partial charge in [-0.2, -0.15) is 4.98 Å². The Morgan fingerprint density at radius 3 is 2.80 bits per heavy atom. The molecule has 1 fully saturated rings. The smallest absolute Gasteiger partial charge is 0.378 e. The van der Waals surface area contributed by atoms with Crippen molar-refractivity contribution in [2.75, 3.05) is 6.61 Å². The Kier molecular flexibility index (Phi) is 4.96. The first-order chi connectivity index (χ1) is 11.9. The Morgan fingerprint density at radius 2 is 2.04 bits per heavy atom. The number of esters is 1. The Labute approximate surface area is 146 Å². The lowest BCUT2D eigenvalue weighted by Gasteiger charge is -2.29. The average molecular weight is 345 g/mol. The van der Waals surface area contributed by atoms with Gasteiger partial charge in [0.05, 0.1) is 0 Å². The number of hydrogen-bond acceptors (Lipinski definition) is 6. The lowest BCUT2D eigenvalue weighted by molar-refractivity contribution is -0.125. The Balaban J connectivity index is 1.59. The molecule has 25 heavy (non-hydrogen) atoms. The molecule has 1 amide bonds. The van der Waals surface area contributed by atoms with E-state index in [0.717, 1.165) is 30.7 Å². The van der Waals surface area contributed by atoms with Crippen LogP contribution in [0.3, 0.4) is 0 Å².